The van der Waals surface area contributed by atoms with Crippen LogP contribution in [0.25, 0.3) is 33.1 Å². The van der Waals surface area contributed by atoms with Crippen LogP contribution in [0.3, 0.4) is 0 Å². The highest BCUT2D eigenvalue weighted by molar-refractivity contribution is 6.09. The molecule has 0 atom stereocenters. The number of aryl methyl sites for hydroxylation is 1. The summed E-state index contributed by atoms with van der Waals surface area (Å²) >= 11 is 0. The van der Waals surface area contributed by atoms with Gasteiger partial charge in [0.15, 0.2) is 0 Å². The highest BCUT2D eigenvalue weighted by Gasteiger charge is 2.50. The first-order valence-electron chi connectivity index (χ1n) is 11.5. The van der Waals surface area contributed by atoms with Crippen LogP contribution in [0.15, 0.2) is 35.4 Å². The molecule has 1 spiro atoms. The number of halogens is 1. The molecular formula is C25H26FN5O3. The van der Waals surface area contributed by atoms with Gasteiger partial charge in [-0.25, -0.2) is 14.2 Å². The Labute approximate surface area is 195 Å². The number of rotatable bonds is 6. The van der Waals surface area contributed by atoms with Gasteiger partial charge in [0.05, 0.1) is 45.8 Å². The third kappa shape index (κ3) is 3.10. The molecular weight excluding hydrogens is 437 g/mol. The second-order valence-corrected chi connectivity index (χ2v) is 9.53. The maximum Gasteiger partial charge on any atom is 0.329 e. The van der Waals surface area contributed by atoms with E-state index in [0.717, 1.165) is 31.3 Å². The van der Waals surface area contributed by atoms with E-state index < -0.39 is 5.82 Å². The Morgan fingerprint density at radius 1 is 1.24 bits per heavy atom. The molecule has 2 aliphatic rings. The molecule has 3 aromatic heterocycles. The van der Waals surface area contributed by atoms with E-state index in [1.165, 1.54) is 6.07 Å². The van der Waals surface area contributed by atoms with E-state index in [1.54, 1.807) is 36.1 Å². The van der Waals surface area contributed by atoms with Crippen molar-refractivity contribution in [2.24, 2.45) is 7.05 Å². The van der Waals surface area contributed by atoms with Crippen LogP contribution in [0.5, 0.6) is 11.6 Å². The molecule has 1 aliphatic carbocycles. The molecule has 4 aromatic rings. The summed E-state index contributed by atoms with van der Waals surface area (Å²) in [7, 11) is 5.79. The number of aromatic nitrogens is 4. The van der Waals surface area contributed by atoms with Crippen LogP contribution in [-0.4, -0.2) is 57.9 Å². The number of hydrogen-bond acceptors (Lipinski definition) is 6. The second kappa shape index (κ2) is 7.53. The third-order valence-electron chi connectivity index (χ3n) is 6.89. The summed E-state index contributed by atoms with van der Waals surface area (Å²) in [4.78, 5) is 24.1. The molecule has 0 N–H and O–H groups in total. The minimum atomic E-state index is -0.438. The molecule has 1 saturated carbocycles. The number of benzene rings is 1. The topological polar surface area (TPSA) is 74.4 Å². The lowest BCUT2D eigenvalue weighted by Gasteiger charge is -2.17. The number of hydrogen-bond donors (Lipinski definition) is 0. The molecule has 0 bridgehead atoms. The van der Waals surface area contributed by atoms with Gasteiger partial charge in [-0.1, -0.05) is 0 Å². The van der Waals surface area contributed by atoms with Crippen molar-refractivity contribution < 1.29 is 13.9 Å². The van der Waals surface area contributed by atoms with E-state index in [2.05, 4.69) is 14.9 Å². The first-order chi connectivity index (χ1) is 16.4. The van der Waals surface area contributed by atoms with Gasteiger partial charge in [-0.2, -0.15) is 0 Å². The van der Waals surface area contributed by atoms with Crippen LogP contribution in [0.4, 0.5) is 4.39 Å². The van der Waals surface area contributed by atoms with Crippen molar-refractivity contribution >= 4 is 21.9 Å². The minimum absolute atomic E-state index is 0.0958. The zero-order valence-electron chi connectivity index (χ0n) is 19.5. The van der Waals surface area contributed by atoms with Gasteiger partial charge in [-0.05, 0) is 39.4 Å². The second-order valence-electron chi connectivity index (χ2n) is 9.53. The Morgan fingerprint density at radius 2 is 2.06 bits per heavy atom. The van der Waals surface area contributed by atoms with E-state index in [0.29, 0.717) is 52.4 Å². The molecule has 0 unspecified atom stereocenters. The van der Waals surface area contributed by atoms with Crippen molar-refractivity contribution in [2.75, 3.05) is 33.9 Å². The van der Waals surface area contributed by atoms with Gasteiger partial charge in [0.2, 0.25) is 5.88 Å². The Bertz CT molecular complexity index is 1490. The summed E-state index contributed by atoms with van der Waals surface area (Å²) < 4.78 is 30.9. The molecule has 0 radical (unpaired) electrons. The lowest BCUT2D eigenvalue weighted by atomic mass is 10.0. The van der Waals surface area contributed by atoms with Crippen molar-refractivity contribution in [1.82, 2.24) is 24.0 Å². The molecule has 1 aromatic carbocycles. The first-order valence-corrected chi connectivity index (χ1v) is 11.5. The van der Waals surface area contributed by atoms with Crippen LogP contribution in [0.2, 0.25) is 0 Å². The summed E-state index contributed by atoms with van der Waals surface area (Å²) in [6.45, 7) is 1.79. The Morgan fingerprint density at radius 3 is 2.76 bits per heavy atom. The fourth-order valence-electron chi connectivity index (χ4n) is 4.89. The molecule has 4 heterocycles. The van der Waals surface area contributed by atoms with E-state index >= 15 is 4.39 Å². The molecule has 6 rings (SSSR count). The molecule has 34 heavy (non-hydrogen) atoms. The SMILES string of the molecule is CN(C)CCCOc1ccc(-c2c(F)cc3ncc4c5c3c2OCC2(CC2)n5c(=O)n4C)cn1. The van der Waals surface area contributed by atoms with Crippen LogP contribution in [0, 0.1) is 5.82 Å². The third-order valence-corrected chi connectivity index (χ3v) is 6.89. The van der Waals surface area contributed by atoms with Gasteiger partial charge in [0, 0.05) is 37.5 Å². The normalized spacial score (nSPS) is 15.9. The summed E-state index contributed by atoms with van der Waals surface area (Å²) in [5.41, 5.74) is 2.37. The Kier molecular flexibility index (Phi) is 4.67. The predicted octanol–water partition coefficient (Wildman–Crippen LogP) is 3.30. The summed E-state index contributed by atoms with van der Waals surface area (Å²) in [6.07, 6.45) is 5.84. The average Bonchev–Trinajstić information content (AvgIpc) is 3.57. The maximum atomic E-state index is 15.5. The average molecular weight is 464 g/mol. The van der Waals surface area contributed by atoms with Crippen LogP contribution < -0.4 is 15.2 Å². The fraction of sp³-hybridized carbons (Fsp3) is 0.400. The molecule has 1 fully saturated rings. The monoisotopic (exact) mass is 463 g/mol. The number of fused-ring (bicyclic) bond motifs is 1. The summed E-state index contributed by atoms with van der Waals surface area (Å²) in [6, 6.07) is 4.95. The minimum Gasteiger partial charge on any atom is -0.490 e. The van der Waals surface area contributed by atoms with E-state index in [9.17, 15) is 4.79 Å². The van der Waals surface area contributed by atoms with E-state index in [-0.39, 0.29) is 11.2 Å². The molecule has 1 aliphatic heterocycles. The molecule has 0 amide bonds. The molecule has 0 saturated heterocycles. The van der Waals surface area contributed by atoms with E-state index in [1.807, 2.05) is 18.7 Å². The van der Waals surface area contributed by atoms with Gasteiger partial charge >= 0.3 is 5.69 Å². The lowest BCUT2D eigenvalue weighted by Crippen LogP contribution is -2.34. The fourth-order valence-corrected chi connectivity index (χ4v) is 4.89. The van der Waals surface area contributed by atoms with E-state index in [4.69, 9.17) is 9.47 Å². The number of imidazole rings is 1. The van der Waals surface area contributed by atoms with Gasteiger partial charge in [-0.15, -0.1) is 0 Å². The molecule has 9 heteroatoms. The van der Waals surface area contributed by atoms with Crippen molar-refractivity contribution in [3.63, 3.8) is 0 Å². The largest absolute Gasteiger partial charge is 0.490 e. The number of ether oxygens (including phenoxy) is 2. The summed E-state index contributed by atoms with van der Waals surface area (Å²) in [5.74, 6) is 0.471. The predicted molar refractivity (Wildman–Crippen MR) is 127 cm³/mol. The van der Waals surface area contributed by atoms with Crippen molar-refractivity contribution in [2.45, 2.75) is 24.8 Å². The number of nitrogens with zero attached hydrogens (tertiary/aromatic N) is 5. The molecule has 8 nitrogen and oxygen atoms in total. The number of pyridine rings is 2. The van der Waals surface area contributed by atoms with Gasteiger partial charge in [0.25, 0.3) is 0 Å². The first kappa shape index (κ1) is 21.1. The standard InChI is InChI=1S/C25H26FN5O3/c1-29(2)9-4-10-33-19-6-5-15(12-28-19)20-16(26)11-17-21-22-18(13-27-17)30(3)24(32)31(22)25(7-8-25)14-34-23(20)21/h5-6,11-13H,4,7-10,14H2,1-3H3. The van der Waals surface area contributed by atoms with Crippen LogP contribution in [0.1, 0.15) is 19.3 Å². The maximum absolute atomic E-state index is 15.5. The van der Waals surface area contributed by atoms with Crippen molar-refractivity contribution in [1.29, 1.82) is 0 Å². The summed E-state index contributed by atoms with van der Waals surface area (Å²) in [5, 5.41) is 0.666. The molecule has 176 valence electrons. The lowest BCUT2D eigenvalue weighted by molar-refractivity contribution is 0.241. The van der Waals surface area contributed by atoms with Gasteiger partial charge in [-0.3, -0.25) is 14.1 Å². The zero-order chi connectivity index (χ0) is 23.6. The van der Waals surface area contributed by atoms with Crippen molar-refractivity contribution in [3.8, 4) is 22.8 Å². The van der Waals surface area contributed by atoms with Gasteiger partial charge < -0.3 is 14.4 Å². The van der Waals surface area contributed by atoms with Gasteiger partial charge in [0.1, 0.15) is 18.2 Å². The Hall–Kier alpha value is -3.46. The Balaban J connectivity index is 1.47. The van der Waals surface area contributed by atoms with Crippen molar-refractivity contribution in [3.05, 3.63) is 46.9 Å². The quantitative estimate of drug-likeness (QED) is 0.409. The zero-order valence-corrected chi connectivity index (χ0v) is 19.5. The highest BCUT2D eigenvalue weighted by Crippen LogP contribution is 2.51. The van der Waals surface area contributed by atoms with Crippen LogP contribution >= 0.6 is 0 Å². The van der Waals surface area contributed by atoms with Crippen LogP contribution in [-0.2, 0) is 12.6 Å². The highest BCUT2D eigenvalue weighted by atomic mass is 19.1. The smallest absolute Gasteiger partial charge is 0.329 e.